The largest absolute Gasteiger partial charge is 0.450 e. The normalized spacial score (nSPS) is 11.8. The monoisotopic (exact) mass is 361 g/mol. The van der Waals surface area contributed by atoms with Gasteiger partial charge in [-0.15, -0.1) is 0 Å². The fraction of sp³-hybridized carbons (Fsp3) is 0.273. The van der Waals surface area contributed by atoms with E-state index < -0.39 is 10.0 Å². The summed E-state index contributed by atoms with van der Waals surface area (Å²) in [5, 5.41) is 8.93. The molecule has 2 heterocycles. The Bertz CT molecular complexity index is 714. The summed E-state index contributed by atoms with van der Waals surface area (Å²) in [6.07, 6.45) is 1.56. The molecule has 20 heavy (non-hydrogen) atoms. The summed E-state index contributed by atoms with van der Waals surface area (Å²) in [6, 6.07) is 2.89. The molecule has 0 aliphatic rings. The van der Waals surface area contributed by atoms with Gasteiger partial charge >= 0.3 is 0 Å². The molecule has 0 aliphatic carbocycles. The zero-order valence-corrected chi connectivity index (χ0v) is 12.9. The first kappa shape index (κ1) is 15.1. The summed E-state index contributed by atoms with van der Waals surface area (Å²) in [4.78, 5) is 7.97. The number of nitrogens with zero attached hydrogens (tertiary/aromatic N) is 2. The molecule has 9 heteroatoms. The highest BCUT2D eigenvalue weighted by Crippen LogP contribution is 2.26. The number of halogens is 1. The van der Waals surface area contributed by atoms with E-state index in [1.807, 2.05) is 0 Å². The smallest absolute Gasteiger partial charge is 0.245 e. The number of sulfonamides is 1. The third-order valence-electron chi connectivity index (χ3n) is 2.43. The molecule has 2 N–H and O–H groups in total. The molecule has 0 aliphatic heterocycles. The van der Waals surface area contributed by atoms with Crippen molar-refractivity contribution < 1.29 is 17.9 Å². The van der Waals surface area contributed by atoms with E-state index in [0.29, 0.717) is 11.5 Å². The molecule has 0 unspecified atom stereocenters. The number of hydrogen-bond donors (Lipinski definition) is 2. The van der Waals surface area contributed by atoms with Crippen LogP contribution in [0.25, 0.3) is 0 Å². The van der Waals surface area contributed by atoms with Crippen LogP contribution < -0.4 is 4.72 Å². The third kappa shape index (κ3) is 3.42. The van der Waals surface area contributed by atoms with Gasteiger partial charge in [-0.05, 0) is 28.9 Å². The Kier molecular flexibility index (Phi) is 4.53. The number of aromatic nitrogens is 2. The molecule has 0 bridgehead atoms. The highest BCUT2D eigenvalue weighted by molar-refractivity contribution is 9.10. The first-order chi connectivity index (χ1) is 9.42. The van der Waals surface area contributed by atoms with E-state index in [2.05, 4.69) is 30.6 Å². The molecule has 0 spiro atoms. The second kappa shape index (κ2) is 6.00. The maximum Gasteiger partial charge on any atom is 0.245 e. The average molecular weight is 362 g/mol. The van der Waals surface area contributed by atoms with E-state index >= 15 is 0 Å². The first-order valence-corrected chi connectivity index (χ1v) is 7.87. The summed E-state index contributed by atoms with van der Waals surface area (Å²) in [5.74, 6) is 0.726. The van der Waals surface area contributed by atoms with Gasteiger partial charge in [0.05, 0.1) is 12.2 Å². The molecule has 0 saturated carbocycles. The van der Waals surface area contributed by atoms with E-state index in [0.717, 1.165) is 0 Å². The number of nitrogens with one attached hydrogen (secondary N) is 1. The topological polar surface area (TPSA) is 105 Å². The van der Waals surface area contributed by atoms with Gasteiger partial charge in [-0.25, -0.2) is 23.1 Å². The molecule has 2 rings (SSSR count). The molecular weight excluding hydrogens is 350 g/mol. The maximum atomic E-state index is 12.1. The minimum atomic E-state index is -3.75. The van der Waals surface area contributed by atoms with Crippen molar-refractivity contribution in [1.29, 1.82) is 0 Å². The Morgan fingerprint density at radius 2 is 2.25 bits per heavy atom. The number of aryl methyl sites for hydroxylation is 1. The minimum Gasteiger partial charge on any atom is -0.450 e. The molecule has 0 saturated heterocycles. The lowest BCUT2D eigenvalue weighted by molar-refractivity contribution is 0.245. The molecule has 7 nitrogen and oxygen atoms in total. The van der Waals surface area contributed by atoms with E-state index in [4.69, 9.17) is 9.52 Å². The van der Waals surface area contributed by atoms with Crippen molar-refractivity contribution >= 4 is 26.0 Å². The van der Waals surface area contributed by atoms with Crippen LogP contribution in [0.1, 0.15) is 17.3 Å². The van der Waals surface area contributed by atoms with E-state index in [1.54, 1.807) is 19.2 Å². The van der Waals surface area contributed by atoms with E-state index in [1.165, 1.54) is 6.07 Å². The van der Waals surface area contributed by atoms with Crippen LogP contribution in [-0.4, -0.2) is 23.5 Å². The molecule has 0 fully saturated rings. The molecule has 2 aromatic rings. The second-order valence-corrected chi connectivity index (χ2v) is 6.38. The second-order valence-electron chi connectivity index (χ2n) is 3.93. The summed E-state index contributed by atoms with van der Waals surface area (Å²) in [7, 11) is -3.75. The number of hydrogen-bond acceptors (Lipinski definition) is 6. The SMILES string of the molecule is Cc1nccc(CNS(=O)(=O)c2cc(CO)oc2Br)n1. The fourth-order valence-corrected chi connectivity index (χ4v) is 3.50. The Morgan fingerprint density at radius 1 is 1.50 bits per heavy atom. The zero-order chi connectivity index (χ0) is 14.8. The van der Waals surface area contributed by atoms with E-state index in [-0.39, 0.29) is 28.5 Å². The van der Waals surface area contributed by atoms with Gasteiger partial charge < -0.3 is 9.52 Å². The van der Waals surface area contributed by atoms with Crippen molar-refractivity contribution in [2.24, 2.45) is 0 Å². The molecular formula is C11H12BrN3O4S. The van der Waals surface area contributed by atoms with Gasteiger partial charge in [0.2, 0.25) is 10.0 Å². The lowest BCUT2D eigenvalue weighted by Crippen LogP contribution is -2.23. The van der Waals surface area contributed by atoms with Crippen LogP contribution in [0, 0.1) is 6.92 Å². The van der Waals surface area contributed by atoms with Gasteiger partial charge in [0, 0.05) is 12.3 Å². The number of aliphatic hydroxyl groups excluding tert-OH is 1. The first-order valence-electron chi connectivity index (χ1n) is 5.59. The van der Waals surface area contributed by atoms with Crippen molar-refractivity contribution in [2.45, 2.75) is 25.0 Å². The van der Waals surface area contributed by atoms with E-state index in [9.17, 15) is 8.42 Å². The molecule has 108 valence electrons. The standard InChI is InChI=1S/C11H12BrN3O4S/c1-7-13-3-2-8(15-7)5-14-20(17,18)10-4-9(6-16)19-11(10)12/h2-4,14,16H,5-6H2,1H3. The van der Waals surface area contributed by atoms with Crippen LogP contribution in [0.15, 0.2) is 32.3 Å². The van der Waals surface area contributed by atoms with Crippen LogP contribution in [-0.2, 0) is 23.2 Å². The van der Waals surface area contributed by atoms with Crippen molar-refractivity contribution in [2.75, 3.05) is 0 Å². The summed E-state index contributed by atoms with van der Waals surface area (Å²) < 4.78 is 31.7. The number of aliphatic hydroxyl groups is 1. The molecule has 0 amide bonds. The van der Waals surface area contributed by atoms with Gasteiger partial charge in [-0.2, -0.15) is 0 Å². The van der Waals surface area contributed by atoms with Crippen LogP contribution >= 0.6 is 15.9 Å². The van der Waals surface area contributed by atoms with Crippen molar-refractivity contribution in [3.8, 4) is 0 Å². The molecule has 0 radical (unpaired) electrons. The maximum absolute atomic E-state index is 12.1. The predicted molar refractivity (Wildman–Crippen MR) is 73.1 cm³/mol. The van der Waals surface area contributed by atoms with Gasteiger partial charge in [-0.1, -0.05) is 0 Å². The Hall–Kier alpha value is -1.29. The van der Waals surface area contributed by atoms with Gasteiger partial charge in [0.25, 0.3) is 0 Å². The lowest BCUT2D eigenvalue weighted by Gasteiger charge is -2.05. The highest BCUT2D eigenvalue weighted by Gasteiger charge is 2.22. The molecule has 0 aromatic carbocycles. The number of rotatable bonds is 5. The number of furan rings is 1. The van der Waals surface area contributed by atoms with Crippen LogP contribution in [0.3, 0.4) is 0 Å². The van der Waals surface area contributed by atoms with Crippen molar-refractivity contribution in [3.63, 3.8) is 0 Å². The Labute approximate surface area is 124 Å². The summed E-state index contributed by atoms with van der Waals surface area (Å²) >= 11 is 3.01. The quantitative estimate of drug-likeness (QED) is 0.826. The van der Waals surface area contributed by atoms with Crippen LogP contribution in [0.5, 0.6) is 0 Å². The van der Waals surface area contributed by atoms with Crippen molar-refractivity contribution in [1.82, 2.24) is 14.7 Å². The van der Waals surface area contributed by atoms with Crippen LogP contribution in [0.4, 0.5) is 0 Å². The Morgan fingerprint density at radius 3 is 2.85 bits per heavy atom. The predicted octanol–water partition coefficient (Wildman–Crippen LogP) is 1.11. The van der Waals surface area contributed by atoms with Gasteiger partial charge in [-0.3, -0.25) is 0 Å². The van der Waals surface area contributed by atoms with Gasteiger partial charge in [0.15, 0.2) is 4.67 Å². The third-order valence-corrected chi connectivity index (χ3v) is 4.69. The van der Waals surface area contributed by atoms with Crippen LogP contribution in [0.2, 0.25) is 0 Å². The minimum absolute atomic E-state index is 0.0395. The summed E-state index contributed by atoms with van der Waals surface area (Å²) in [5.41, 5.74) is 0.558. The Balaban J connectivity index is 2.17. The van der Waals surface area contributed by atoms with Gasteiger partial charge in [0.1, 0.15) is 23.1 Å². The average Bonchev–Trinajstić information content (AvgIpc) is 2.79. The molecule has 0 atom stereocenters. The molecule has 2 aromatic heterocycles. The fourth-order valence-electron chi connectivity index (χ4n) is 1.51. The lowest BCUT2D eigenvalue weighted by atomic mass is 10.4. The highest BCUT2D eigenvalue weighted by atomic mass is 79.9. The zero-order valence-electron chi connectivity index (χ0n) is 10.5. The van der Waals surface area contributed by atoms with Crippen molar-refractivity contribution in [3.05, 3.63) is 40.3 Å². The summed E-state index contributed by atoms with van der Waals surface area (Å²) in [6.45, 7) is 1.38.